The first-order valence-corrected chi connectivity index (χ1v) is 11.1. The third kappa shape index (κ3) is 6.07. The van der Waals surface area contributed by atoms with Crippen LogP contribution in [0, 0.1) is 0 Å². The van der Waals surface area contributed by atoms with Gasteiger partial charge in [0.15, 0.2) is 0 Å². The molecule has 1 N–H and O–H groups in total. The van der Waals surface area contributed by atoms with Gasteiger partial charge < -0.3 is 5.32 Å². The van der Waals surface area contributed by atoms with E-state index in [9.17, 15) is 4.79 Å². The molecule has 0 aliphatic heterocycles. The molecule has 1 amide bonds. The molecule has 158 valence electrons. The van der Waals surface area contributed by atoms with Crippen molar-refractivity contribution >= 4 is 29.2 Å². The number of hydrogen-bond donors (Lipinski definition) is 1. The number of carbonyl (C=O) groups excluding carboxylic acids is 1. The number of amides is 1. The highest BCUT2D eigenvalue weighted by Crippen LogP contribution is 2.30. The third-order valence-electron chi connectivity index (χ3n) is 4.84. The number of nitrogens with zero attached hydrogens (tertiary/aromatic N) is 3. The highest BCUT2D eigenvalue weighted by molar-refractivity contribution is 6.31. The first kappa shape index (κ1) is 22.3. The fraction of sp³-hybridized carbons (Fsp3) is 0.348. The largest absolute Gasteiger partial charge is 0.359 e. The average Bonchev–Trinajstić information content (AvgIpc) is 3.19. The molecule has 3 aromatic rings. The van der Waals surface area contributed by atoms with Crippen LogP contribution in [0.15, 0.2) is 48.5 Å². The van der Waals surface area contributed by atoms with Crippen LogP contribution in [0.1, 0.15) is 45.4 Å². The normalized spacial score (nSPS) is 10.9. The van der Waals surface area contributed by atoms with Crippen LogP contribution < -0.4 is 5.32 Å². The van der Waals surface area contributed by atoms with Crippen LogP contribution in [-0.2, 0) is 0 Å². The summed E-state index contributed by atoms with van der Waals surface area (Å²) in [6, 6.07) is 14.3. The van der Waals surface area contributed by atoms with Crippen LogP contribution >= 0.6 is 23.2 Å². The van der Waals surface area contributed by atoms with Crippen molar-refractivity contribution in [2.75, 3.05) is 6.54 Å². The van der Waals surface area contributed by atoms with Gasteiger partial charge in [-0.05, 0) is 30.7 Å². The molecule has 7 heteroatoms. The lowest BCUT2D eigenvalue weighted by Crippen LogP contribution is -2.31. The molecule has 30 heavy (non-hydrogen) atoms. The molecule has 0 aliphatic rings. The summed E-state index contributed by atoms with van der Waals surface area (Å²) in [4.78, 5) is 13.7. The van der Waals surface area contributed by atoms with E-state index in [0.29, 0.717) is 28.0 Å². The number of rotatable bonds is 9. The second-order valence-electron chi connectivity index (χ2n) is 7.20. The van der Waals surface area contributed by atoms with Crippen LogP contribution in [0.4, 0.5) is 4.79 Å². The van der Waals surface area contributed by atoms with Gasteiger partial charge in [-0.15, -0.1) is 10.2 Å². The van der Waals surface area contributed by atoms with Crippen molar-refractivity contribution in [3.63, 3.8) is 0 Å². The number of aromatic nitrogens is 3. The van der Waals surface area contributed by atoms with Crippen molar-refractivity contribution in [1.82, 2.24) is 20.3 Å². The zero-order valence-corrected chi connectivity index (χ0v) is 18.6. The summed E-state index contributed by atoms with van der Waals surface area (Å²) in [6.45, 7) is 2.81. The number of halogens is 2. The van der Waals surface area contributed by atoms with E-state index in [2.05, 4.69) is 22.4 Å². The van der Waals surface area contributed by atoms with Crippen LogP contribution in [0.25, 0.3) is 22.5 Å². The number of nitrogens with one attached hydrogen (secondary N) is 1. The molecule has 0 saturated carbocycles. The van der Waals surface area contributed by atoms with E-state index in [4.69, 9.17) is 23.2 Å². The molecule has 0 bridgehead atoms. The lowest BCUT2D eigenvalue weighted by Gasteiger charge is -2.03. The van der Waals surface area contributed by atoms with Crippen molar-refractivity contribution < 1.29 is 4.79 Å². The van der Waals surface area contributed by atoms with Gasteiger partial charge in [-0.1, -0.05) is 91.3 Å². The Balaban J connectivity index is 1.75. The molecule has 3 rings (SSSR count). The predicted octanol–water partition coefficient (Wildman–Crippen LogP) is 6.84. The van der Waals surface area contributed by atoms with Crippen molar-refractivity contribution in [2.45, 2.75) is 45.4 Å². The Morgan fingerprint density at radius 3 is 1.77 bits per heavy atom. The first-order valence-electron chi connectivity index (χ1n) is 10.4. The van der Waals surface area contributed by atoms with Gasteiger partial charge >= 0.3 is 6.03 Å². The first-order chi connectivity index (χ1) is 14.6. The molecule has 1 heterocycles. The van der Waals surface area contributed by atoms with Gasteiger partial charge in [0.2, 0.25) is 0 Å². The Bertz CT molecular complexity index is 889. The summed E-state index contributed by atoms with van der Waals surface area (Å²) in [5.41, 5.74) is 2.89. The lowest BCUT2D eigenvalue weighted by atomic mass is 10.1. The highest BCUT2D eigenvalue weighted by atomic mass is 35.5. The Morgan fingerprint density at radius 1 is 0.800 bits per heavy atom. The van der Waals surface area contributed by atoms with Gasteiger partial charge in [0, 0.05) is 27.7 Å². The smallest absolute Gasteiger partial charge is 0.335 e. The number of carbonyl (C=O) groups is 1. The zero-order valence-electron chi connectivity index (χ0n) is 17.1. The van der Waals surface area contributed by atoms with Gasteiger partial charge in [0.25, 0.3) is 0 Å². The van der Waals surface area contributed by atoms with Crippen molar-refractivity contribution in [3.05, 3.63) is 58.6 Å². The fourth-order valence-corrected chi connectivity index (χ4v) is 3.43. The van der Waals surface area contributed by atoms with Crippen molar-refractivity contribution in [2.24, 2.45) is 0 Å². The second-order valence-corrected chi connectivity index (χ2v) is 8.07. The molecule has 0 spiro atoms. The van der Waals surface area contributed by atoms with E-state index in [-0.39, 0.29) is 6.03 Å². The monoisotopic (exact) mass is 444 g/mol. The molecular formula is C23H26Cl2N4O. The molecule has 5 nitrogen and oxygen atoms in total. The number of hydrogen-bond acceptors (Lipinski definition) is 3. The molecule has 0 radical (unpaired) electrons. The zero-order chi connectivity index (χ0) is 21.3. The topological polar surface area (TPSA) is 59.8 Å². The Labute approximate surface area is 187 Å². The standard InChI is InChI=1S/C23H26Cl2N4O/c1-2-3-4-5-6-7-16-26-23(30)29-27-21(17-8-12-19(24)13-9-17)22(28-29)18-10-14-20(25)15-11-18/h8-15H,2-7,16H2,1H3,(H,26,30). The van der Waals surface area contributed by atoms with E-state index < -0.39 is 0 Å². The molecule has 2 aromatic carbocycles. The van der Waals surface area contributed by atoms with Gasteiger partial charge in [-0.2, -0.15) is 0 Å². The summed E-state index contributed by atoms with van der Waals surface area (Å²) in [5.74, 6) is 0. The van der Waals surface area contributed by atoms with E-state index >= 15 is 0 Å². The number of benzene rings is 2. The molecule has 0 fully saturated rings. The maximum absolute atomic E-state index is 12.6. The maximum atomic E-state index is 12.6. The Morgan fingerprint density at radius 2 is 1.27 bits per heavy atom. The van der Waals surface area contributed by atoms with Crippen LogP contribution in [0.2, 0.25) is 10.0 Å². The molecule has 1 aromatic heterocycles. The quantitative estimate of drug-likeness (QED) is 0.367. The Hall–Kier alpha value is -2.37. The molecule has 0 atom stereocenters. The summed E-state index contributed by atoms with van der Waals surface area (Å²) in [7, 11) is 0. The molecule has 0 unspecified atom stereocenters. The van der Waals surface area contributed by atoms with Gasteiger partial charge in [-0.3, -0.25) is 0 Å². The van der Waals surface area contributed by atoms with Gasteiger partial charge in [-0.25, -0.2) is 4.79 Å². The summed E-state index contributed by atoms with van der Waals surface area (Å²) in [6.07, 6.45) is 7.01. The second kappa shape index (κ2) is 11.1. The van der Waals surface area contributed by atoms with Crippen molar-refractivity contribution in [1.29, 1.82) is 0 Å². The minimum atomic E-state index is -0.334. The summed E-state index contributed by atoms with van der Waals surface area (Å²) in [5, 5.41) is 13.1. The van der Waals surface area contributed by atoms with E-state index in [1.807, 2.05) is 24.3 Å². The van der Waals surface area contributed by atoms with Gasteiger partial charge in [0.1, 0.15) is 11.4 Å². The van der Waals surface area contributed by atoms with E-state index in [1.54, 1.807) is 24.3 Å². The lowest BCUT2D eigenvalue weighted by molar-refractivity contribution is 0.236. The van der Waals surface area contributed by atoms with Crippen LogP contribution in [0.5, 0.6) is 0 Å². The molecule has 0 saturated heterocycles. The summed E-state index contributed by atoms with van der Waals surface area (Å²) < 4.78 is 0. The maximum Gasteiger partial charge on any atom is 0.359 e. The molecule has 0 aliphatic carbocycles. The Kier molecular flexibility index (Phi) is 8.29. The third-order valence-corrected chi connectivity index (χ3v) is 5.34. The van der Waals surface area contributed by atoms with E-state index in [0.717, 1.165) is 28.8 Å². The fourth-order valence-electron chi connectivity index (χ4n) is 3.17. The number of unbranched alkanes of at least 4 members (excludes halogenated alkanes) is 5. The minimum Gasteiger partial charge on any atom is -0.335 e. The van der Waals surface area contributed by atoms with Crippen LogP contribution in [0.3, 0.4) is 0 Å². The van der Waals surface area contributed by atoms with Crippen LogP contribution in [-0.4, -0.2) is 27.6 Å². The minimum absolute atomic E-state index is 0.334. The van der Waals surface area contributed by atoms with Crippen molar-refractivity contribution in [3.8, 4) is 22.5 Å². The SMILES string of the molecule is CCCCCCCCNC(=O)n1nc(-c2ccc(Cl)cc2)c(-c2ccc(Cl)cc2)n1. The molecular weight excluding hydrogens is 419 g/mol. The average molecular weight is 445 g/mol. The van der Waals surface area contributed by atoms with Gasteiger partial charge in [0.05, 0.1) is 0 Å². The van der Waals surface area contributed by atoms with E-state index in [1.165, 1.54) is 25.7 Å². The highest BCUT2D eigenvalue weighted by Gasteiger charge is 2.18. The predicted molar refractivity (Wildman–Crippen MR) is 123 cm³/mol. The summed E-state index contributed by atoms with van der Waals surface area (Å²) >= 11 is 12.0.